The number of phenols is 1. The Bertz CT molecular complexity index is 854. The van der Waals surface area contributed by atoms with E-state index in [0.717, 1.165) is 11.3 Å². The summed E-state index contributed by atoms with van der Waals surface area (Å²) in [5.74, 6) is 0.119. The number of carbonyl (C=O) groups excluding carboxylic acids is 3. The van der Waals surface area contributed by atoms with Crippen LogP contribution in [0.3, 0.4) is 0 Å². The van der Waals surface area contributed by atoms with Crippen LogP contribution in [0, 0.1) is 0 Å². The molecular weight excluding hydrogens is 392 g/mol. The molecule has 0 radical (unpaired) electrons. The number of benzene rings is 2. The molecule has 7 nitrogen and oxygen atoms in total. The number of ether oxygens (including phenoxy) is 1. The van der Waals surface area contributed by atoms with E-state index in [1.807, 2.05) is 6.92 Å². The van der Waals surface area contributed by atoms with Gasteiger partial charge >= 0.3 is 5.97 Å². The van der Waals surface area contributed by atoms with E-state index in [9.17, 15) is 19.5 Å². The third kappa shape index (κ3) is 7.15. The highest BCUT2D eigenvalue weighted by atomic mass is 32.2. The molecule has 2 N–H and O–H groups in total. The first-order chi connectivity index (χ1) is 13.9. The highest BCUT2D eigenvalue weighted by Crippen LogP contribution is 2.23. The minimum atomic E-state index is -0.626. The predicted molar refractivity (Wildman–Crippen MR) is 114 cm³/mol. The maximum atomic E-state index is 12.8. The van der Waals surface area contributed by atoms with Gasteiger partial charge in [0.05, 0.1) is 19.4 Å². The number of anilines is 2. The van der Waals surface area contributed by atoms with Gasteiger partial charge in [0.1, 0.15) is 12.2 Å². The molecule has 0 aromatic heterocycles. The van der Waals surface area contributed by atoms with Gasteiger partial charge in [-0.15, -0.1) is 0 Å². The van der Waals surface area contributed by atoms with E-state index >= 15 is 0 Å². The Hall–Kier alpha value is -3.00. The molecule has 0 spiro atoms. The molecular formula is C21H24N2O5S. The van der Waals surface area contributed by atoms with E-state index in [-0.39, 0.29) is 18.1 Å². The van der Waals surface area contributed by atoms with Gasteiger partial charge in [0.25, 0.3) is 0 Å². The lowest BCUT2D eigenvalue weighted by molar-refractivity contribution is -0.142. The molecule has 0 saturated carbocycles. The summed E-state index contributed by atoms with van der Waals surface area (Å²) < 4.78 is 4.49. The zero-order chi connectivity index (χ0) is 21.2. The average Bonchev–Trinajstić information content (AvgIpc) is 2.71. The molecule has 0 aliphatic heterocycles. The molecule has 0 aliphatic carbocycles. The molecule has 2 aromatic carbocycles. The summed E-state index contributed by atoms with van der Waals surface area (Å²) in [6.45, 7) is 2.31. The monoisotopic (exact) mass is 416 g/mol. The van der Waals surface area contributed by atoms with Crippen LogP contribution in [0.5, 0.6) is 5.75 Å². The number of esters is 1. The molecule has 29 heavy (non-hydrogen) atoms. The van der Waals surface area contributed by atoms with Crippen LogP contribution in [0.2, 0.25) is 0 Å². The van der Waals surface area contributed by atoms with Gasteiger partial charge in [-0.05, 0) is 41.6 Å². The van der Waals surface area contributed by atoms with Gasteiger partial charge < -0.3 is 20.1 Å². The summed E-state index contributed by atoms with van der Waals surface area (Å²) in [4.78, 5) is 37.6. The number of aromatic hydroxyl groups is 1. The summed E-state index contributed by atoms with van der Waals surface area (Å²) in [5.41, 5.74) is 1.96. The zero-order valence-corrected chi connectivity index (χ0v) is 17.2. The van der Waals surface area contributed by atoms with Crippen LogP contribution in [-0.2, 0) is 25.7 Å². The van der Waals surface area contributed by atoms with Crippen molar-refractivity contribution >= 4 is 40.9 Å². The maximum absolute atomic E-state index is 12.8. The van der Waals surface area contributed by atoms with Crippen LogP contribution in [0.25, 0.3) is 0 Å². The van der Waals surface area contributed by atoms with Crippen molar-refractivity contribution in [2.75, 3.05) is 28.8 Å². The fourth-order valence-electron chi connectivity index (χ4n) is 2.53. The maximum Gasteiger partial charge on any atom is 0.315 e. The van der Waals surface area contributed by atoms with E-state index in [0.29, 0.717) is 23.7 Å². The van der Waals surface area contributed by atoms with Crippen molar-refractivity contribution in [1.29, 1.82) is 0 Å². The van der Waals surface area contributed by atoms with E-state index in [1.165, 1.54) is 18.9 Å². The molecule has 0 aliphatic rings. The number of phenolic OH excluding ortho intramolecular Hbond substituents is 1. The second-order valence-corrected chi connectivity index (χ2v) is 7.41. The molecule has 0 fully saturated rings. The highest BCUT2D eigenvalue weighted by Gasteiger charge is 2.17. The Morgan fingerprint density at radius 2 is 1.86 bits per heavy atom. The van der Waals surface area contributed by atoms with Gasteiger partial charge in [-0.2, -0.15) is 11.8 Å². The third-order valence-electron chi connectivity index (χ3n) is 3.98. The molecule has 0 saturated heterocycles. The lowest BCUT2D eigenvalue weighted by Gasteiger charge is -2.24. The number of nitrogens with one attached hydrogen (secondary N) is 1. The minimum Gasteiger partial charge on any atom is -0.508 e. The van der Waals surface area contributed by atoms with E-state index < -0.39 is 11.9 Å². The SMILES string of the molecule is CCSCC(=O)N(Cc1ccc(O)cc1)c1cccc(NC(=O)CC(=O)OC)c1. The largest absolute Gasteiger partial charge is 0.508 e. The number of nitrogens with zero attached hydrogens (tertiary/aromatic N) is 1. The van der Waals surface area contributed by atoms with Crippen molar-refractivity contribution in [2.45, 2.75) is 19.9 Å². The Morgan fingerprint density at radius 3 is 2.52 bits per heavy atom. The Morgan fingerprint density at radius 1 is 1.14 bits per heavy atom. The lowest BCUT2D eigenvalue weighted by Crippen LogP contribution is -2.32. The summed E-state index contributed by atoms with van der Waals surface area (Å²) in [5, 5.41) is 12.1. The second-order valence-electron chi connectivity index (χ2n) is 6.13. The first-order valence-electron chi connectivity index (χ1n) is 9.05. The predicted octanol–water partition coefficient (Wildman–Crippen LogP) is 3.18. The van der Waals surface area contributed by atoms with Crippen molar-refractivity contribution in [3.8, 4) is 5.75 Å². The van der Waals surface area contributed by atoms with Gasteiger partial charge in [-0.3, -0.25) is 14.4 Å². The molecule has 0 unspecified atom stereocenters. The summed E-state index contributed by atoms with van der Waals surface area (Å²) >= 11 is 1.52. The van der Waals surface area contributed by atoms with Crippen molar-refractivity contribution in [3.63, 3.8) is 0 Å². The van der Waals surface area contributed by atoms with Crippen LogP contribution in [0.15, 0.2) is 48.5 Å². The van der Waals surface area contributed by atoms with Gasteiger partial charge in [0.15, 0.2) is 0 Å². The average molecular weight is 416 g/mol. The van der Waals surface area contributed by atoms with E-state index in [1.54, 1.807) is 53.4 Å². The van der Waals surface area contributed by atoms with Crippen LogP contribution in [0.4, 0.5) is 11.4 Å². The Kier molecular flexibility index (Phi) is 8.54. The number of carbonyl (C=O) groups is 3. The normalized spacial score (nSPS) is 10.3. The molecule has 154 valence electrons. The van der Waals surface area contributed by atoms with Gasteiger partial charge in [0.2, 0.25) is 11.8 Å². The Balaban J connectivity index is 2.22. The number of hydrogen-bond acceptors (Lipinski definition) is 6. The van der Waals surface area contributed by atoms with E-state index in [4.69, 9.17) is 0 Å². The van der Waals surface area contributed by atoms with Crippen molar-refractivity contribution in [3.05, 3.63) is 54.1 Å². The lowest BCUT2D eigenvalue weighted by atomic mass is 10.1. The Labute approximate surface area is 174 Å². The first kappa shape index (κ1) is 22.3. The number of rotatable bonds is 9. The van der Waals surface area contributed by atoms with Gasteiger partial charge in [-0.25, -0.2) is 0 Å². The molecule has 0 atom stereocenters. The number of hydrogen-bond donors (Lipinski definition) is 2. The zero-order valence-electron chi connectivity index (χ0n) is 16.4. The van der Waals surface area contributed by atoms with E-state index in [2.05, 4.69) is 10.1 Å². The number of amides is 2. The summed E-state index contributed by atoms with van der Waals surface area (Å²) in [7, 11) is 1.22. The van der Waals surface area contributed by atoms with Crippen LogP contribution >= 0.6 is 11.8 Å². The fraction of sp³-hybridized carbons (Fsp3) is 0.286. The number of methoxy groups -OCH3 is 1. The summed E-state index contributed by atoms with van der Waals surface area (Å²) in [6, 6.07) is 13.5. The van der Waals surface area contributed by atoms with Crippen molar-refractivity contribution < 1.29 is 24.2 Å². The smallest absolute Gasteiger partial charge is 0.315 e. The third-order valence-corrected chi connectivity index (χ3v) is 4.84. The van der Waals surface area contributed by atoms with Crippen molar-refractivity contribution in [1.82, 2.24) is 0 Å². The van der Waals surface area contributed by atoms with Crippen LogP contribution in [-0.4, -0.2) is 41.5 Å². The molecule has 2 aromatic rings. The highest BCUT2D eigenvalue weighted by molar-refractivity contribution is 7.99. The molecule has 0 bridgehead atoms. The molecule has 0 heterocycles. The minimum absolute atomic E-state index is 0.0667. The standard InChI is InChI=1S/C21H24N2O5S/c1-3-29-14-20(26)23(13-15-7-9-18(24)10-8-15)17-6-4-5-16(11-17)22-19(25)12-21(27)28-2/h4-11,24H,3,12-14H2,1-2H3,(H,22,25). The fourth-order valence-corrected chi connectivity index (χ4v) is 3.07. The topological polar surface area (TPSA) is 95.9 Å². The van der Waals surface area contributed by atoms with Gasteiger partial charge in [0, 0.05) is 11.4 Å². The summed E-state index contributed by atoms with van der Waals surface area (Å²) in [6.07, 6.45) is -0.385. The first-order valence-corrected chi connectivity index (χ1v) is 10.2. The van der Waals surface area contributed by atoms with Crippen LogP contribution in [0.1, 0.15) is 18.9 Å². The van der Waals surface area contributed by atoms with Gasteiger partial charge in [-0.1, -0.05) is 25.1 Å². The van der Waals surface area contributed by atoms with Crippen molar-refractivity contribution in [2.24, 2.45) is 0 Å². The number of thioether (sulfide) groups is 1. The molecule has 2 rings (SSSR count). The second kappa shape index (κ2) is 11.1. The molecule has 8 heteroatoms. The quantitative estimate of drug-likeness (QED) is 0.481. The van der Waals surface area contributed by atoms with Crippen LogP contribution < -0.4 is 10.2 Å². The molecule has 2 amide bonds.